The summed E-state index contributed by atoms with van der Waals surface area (Å²) in [7, 11) is 0. The highest BCUT2D eigenvalue weighted by molar-refractivity contribution is 5.80. The molecule has 0 aromatic rings. The van der Waals surface area contributed by atoms with Gasteiger partial charge in [-0.25, -0.2) is 0 Å². The van der Waals surface area contributed by atoms with Crippen LogP contribution in [0.1, 0.15) is 90.9 Å². The Hall–Kier alpha value is -0.900. The first-order valence-electron chi connectivity index (χ1n) is 9.45. The first kappa shape index (κ1) is 20.1. The normalized spacial score (nSPS) is 20.6. The second-order valence-electron chi connectivity index (χ2n) is 6.70. The van der Waals surface area contributed by atoms with Crippen LogP contribution in [-0.4, -0.2) is 30.6 Å². The topological polar surface area (TPSA) is 52.6 Å². The molecule has 0 amide bonds. The third-order valence-corrected chi connectivity index (χ3v) is 4.48. The second kappa shape index (κ2) is 12.5. The maximum absolute atomic E-state index is 11.7. The van der Waals surface area contributed by atoms with Crippen molar-refractivity contribution in [3.8, 4) is 0 Å². The predicted octanol–water partition coefficient (Wildman–Crippen LogP) is 4.59. The van der Waals surface area contributed by atoms with Crippen molar-refractivity contribution in [2.24, 2.45) is 0 Å². The third-order valence-electron chi connectivity index (χ3n) is 4.48. The van der Waals surface area contributed by atoms with Gasteiger partial charge in [0, 0.05) is 6.42 Å². The van der Waals surface area contributed by atoms with Crippen LogP contribution in [0.4, 0.5) is 0 Å². The first-order chi connectivity index (χ1) is 11.1. The molecule has 2 atom stereocenters. The summed E-state index contributed by atoms with van der Waals surface area (Å²) in [6.45, 7) is 4.07. The molecule has 0 bridgehead atoms. The van der Waals surface area contributed by atoms with E-state index in [2.05, 4.69) is 6.92 Å². The largest absolute Gasteiger partial charge is 0.463 e. The lowest BCUT2D eigenvalue weighted by molar-refractivity contribution is -0.148. The highest BCUT2D eigenvalue weighted by Gasteiger charge is 2.28. The lowest BCUT2D eigenvalue weighted by atomic mass is 10.1. The number of carbonyl (C=O) groups is 2. The minimum atomic E-state index is -0.295. The molecule has 0 saturated carbocycles. The summed E-state index contributed by atoms with van der Waals surface area (Å²) in [6, 6.07) is 0. The third kappa shape index (κ3) is 9.75. The summed E-state index contributed by atoms with van der Waals surface area (Å²) >= 11 is 0. The maximum Gasteiger partial charge on any atom is 0.305 e. The van der Waals surface area contributed by atoms with Crippen LogP contribution in [0, 0.1) is 0 Å². The number of Topliss-reactive ketones (excluding diaryl/α,β-unsaturated/α-hetero) is 1. The zero-order valence-electron chi connectivity index (χ0n) is 15.0. The summed E-state index contributed by atoms with van der Waals surface area (Å²) in [4.78, 5) is 22.9. The van der Waals surface area contributed by atoms with Gasteiger partial charge in [-0.15, -0.1) is 0 Å². The smallest absolute Gasteiger partial charge is 0.305 e. The number of carbonyl (C=O) groups excluding carboxylic acids is 2. The van der Waals surface area contributed by atoms with Gasteiger partial charge in [0.05, 0.1) is 6.10 Å². The molecule has 0 spiro atoms. The Balaban J connectivity index is 1.90. The van der Waals surface area contributed by atoms with Crippen LogP contribution in [0.3, 0.4) is 0 Å². The van der Waals surface area contributed by atoms with Crippen molar-refractivity contribution in [3.05, 3.63) is 0 Å². The molecule has 1 rings (SSSR count). The first-order valence-corrected chi connectivity index (χ1v) is 9.45. The van der Waals surface area contributed by atoms with E-state index in [1.165, 1.54) is 44.9 Å². The Morgan fingerprint density at radius 1 is 0.957 bits per heavy atom. The van der Waals surface area contributed by atoms with E-state index in [1.54, 1.807) is 6.92 Å². The van der Waals surface area contributed by atoms with Gasteiger partial charge in [0.15, 0.2) is 5.78 Å². The minimum absolute atomic E-state index is 0.0634. The molecule has 0 aromatic heterocycles. The van der Waals surface area contributed by atoms with Crippen LogP contribution < -0.4 is 0 Å². The summed E-state index contributed by atoms with van der Waals surface area (Å²) in [6.07, 6.45) is 12.8. The zero-order valence-corrected chi connectivity index (χ0v) is 15.0. The van der Waals surface area contributed by atoms with Gasteiger partial charge < -0.3 is 9.47 Å². The number of ether oxygens (including phenoxy) is 2. The van der Waals surface area contributed by atoms with E-state index in [0.29, 0.717) is 13.0 Å². The average molecular weight is 326 g/mol. The van der Waals surface area contributed by atoms with Gasteiger partial charge in [0.25, 0.3) is 0 Å². The van der Waals surface area contributed by atoms with Crippen LogP contribution in [0.5, 0.6) is 0 Å². The van der Waals surface area contributed by atoms with E-state index in [0.717, 1.165) is 25.7 Å². The van der Waals surface area contributed by atoms with E-state index in [-0.39, 0.29) is 24.0 Å². The Morgan fingerprint density at radius 2 is 1.57 bits per heavy atom. The molecule has 0 aliphatic carbocycles. The van der Waals surface area contributed by atoms with E-state index in [4.69, 9.17) is 9.47 Å². The molecule has 2 unspecified atom stereocenters. The fraction of sp³-hybridized carbons (Fsp3) is 0.895. The van der Waals surface area contributed by atoms with Gasteiger partial charge in [0.2, 0.25) is 0 Å². The Bertz CT molecular complexity index is 340. The molecule has 1 saturated heterocycles. The van der Waals surface area contributed by atoms with Crippen LogP contribution in [-0.2, 0) is 19.1 Å². The fourth-order valence-corrected chi connectivity index (χ4v) is 2.97. The molecule has 0 N–H and O–H groups in total. The number of hydrogen-bond donors (Lipinski definition) is 0. The van der Waals surface area contributed by atoms with Crippen molar-refractivity contribution < 1.29 is 19.1 Å². The number of rotatable bonds is 13. The average Bonchev–Trinajstić information content (AvgIpc) is 3.00. The molecule has 0 radical (unpaired) electrons. The van der Waals surface area contributed by atoms with E-state index in [1.807, 2.05) is 0 Å². The van der Waals surface area contributed by atoms with E-state index < -0.39 is 0 Å². The Labute approximate surface area is 141 Å². The monoisotopic (exact) mass is 326 g/mol. The van der Waals surface area contributed by atoms with Crippen molar-refractivity contribution in [2.45, 2.75) is 103 Å². The van der Waals surface area contributed by atoms with Crippen LogP contribution >= 0.6 is 0 Å². The summed E-state index contributed by atoms with van der Waals surface area (Å²) in [5.74, 6) is -0.0728. The van der Waals surface area contributed by atoms with Crippen molar-refractivity contribution in [1.29, 1.82) is 0 Å². The summed E-state index contributed by atoms with van der Waals surface area (Å²) in [5.41, 5.74) is 0. The lowest BCUT2D eigenvalue weighted by Crippen LogP contribution is -2.22. The van der Waals surface area contributed by atoms with Gasteiger partial charge in [-0.1, -0.05) is 58.3 Å². The van der Waals surface area contributed by atoms with Crippen LogP contribution in [0.2, 0.25) is 0 Å². The zero-order chi connectivity index (χ0) is 16.9. The minimum Gasteiger partial charge on any atom is -0.463 e. The molecule has 1 fully saturated rings. The molecule has 4 heteroatoms. The Morgan fingerprint density at radius 3 is 2.13 bits per heavy atom. The highest BCUT2D eigenvalue weighted by atomic mass is 16.6. The molecule has 23 heavy (non-hydrogen) atoms. The van der Waals surface area contributed by atoms with Crippen molar-refractivity contribution in [1.82, 2.24) is 0 Å². The van der Waals surface area contributed by atoms with Gasteiger partial charge in [-0.3, -0.25) is 9.59 Å². The van der Waals surface area contributed by atoms with Crippen molar-refractivity contribution in [2.75, 3.05) is 6.61 Å². The molecule has 0 aromatic carbocycles. The number of hydrogen-bond acceptors (Lipinski definition) is 4. The van der Waals surface area contributed by atoms with Crippen molar-refractivity contribution in [3.63, 3.8) is 0 Å². The van der Waals surface area contributed by atoms with Gasteiger partial charge in [-0.05, 0) is 26.2 Å². The van der Waals surface area contributed by atoms with Crippen LogP contribution in [0.25, 0.3) is 0 Å². The highest BCUT2D eigenvalue weighted by Crippen LogP contribution is 2.20. The second-order valence-corrected chi connectivity index (χ2v) is 6.70. The van der Waals surface area contributed by atoms with Gasteiger partial charge >= 0.3 is 5.97 Å². The summed E-state index contributed by atoms with van der Waals surface area (Å²) in [5, 5.41) is 0. The number of unbranched alkanes of at least 4 members (excludes halogenated alkanes) is 8. The SMILES string of the molecule is CCCCCCCCCCCC(=O)OCC1CCC(C(C)=O)O1. The van der Waals surface area contributed by atoms with Crippen LogP contribution in [0.15, 0.2) is 0 Å². The van der Waals surface area contributed by atoms with E-state index in [9.17, 15) is 9.59 Å². The van der Waals surface area contributed by atoms with Crippen molar-refractivity contribution >= 4 is 11.8 Å². The molecular formula is C19H34O4. The molecule has 1 aliphatic heterocycles. The molecule has 1 aliphatic rings. The number of esters is 1. The predicted molar refractivity (Wildman–Crippen MR) is 91.4 cm³/mol. The number of ketones is 1. The fourth-order valence-electron chi connectivity index (χ4n) is 2.97. The molecular weight excluding hydrogens is 292 g/mol. The van der Waals surface area contributed by atoms with E-state index >= 15 is 0 Å². The van der Waals surface area contributed by atoms with Gasteiger partial charge in [-0.2, -0.15) is 0 Å². The summed E-state index contributed by atoms with van der Waals surface area (Å²) < 4.78 is 10.8. The molecule has 134 valence electrons. The maximum atomic E-state index is 11.7. The standard InChI is InChI=1S/C19H34O4/c1-3-4-5-6-7-8-9-10-11-12-19(21)22-15-17-13-14-18(23-17)16(2)20/h17-18H,3-15H2,1-2H3. The molecule has 1 heterocycles. The lowest BCUT2D eigenvalue weighted by Gasteiger charge is -2.12. The Kier molecular flexibility index (Phi) is 11.0. The van der Waals surface area contributed by atoms with Gasteiger partial charge in [0.1, 0.15) is 12.7 Å². The molecule has 4 nitrogen and oxygen atoms in total. The quantitative estimate of drug-likeness (QED) is 0.367.